The standard InChI is InChI=1S/C12H13BrN2O2S2/c1-15(7-9-4-2-3-5-11(9)13)19(16,17)12-6-10(14)8-18-12/h2-6,8H,7,14H2,1H3. The molecule has 2 N–H and O–H groups in total. The first-order chi connectivity index (χ1) is 8.91. The maximum atomic E-state index is 12.3. The molecule has 0 amide bonds. The molecular weight excluding hydrogens is 348 g/mol. The van der Waals surface area contributed by atoms with Crippen LogP contribution in [-0.2, 0) is 16.6 Å². The van der Waals surface area contributed by atoms with Gasteiger partial charge in [-0.05, 0) is 17.7 Å². The van der Waals surface area contributed by atoms with Crippen LogP contribution in [0.1, 0.15) is 5.56 Å². The molecule has 102 valence electrons. The molecule has 0 aliphatic heterocycles. The van der Waals surface area contributed by atoms with Crippen LogP contribution in [0, 0.1) is 0 Å². The van der Waals surface area contributed by atoms with Crippen LogP contribution in [0.5, 0.6) is 0 Å². The van der Waals surface area contributed by atoms with Crippen LogP contribution < -0.4 is 5.73 Å². The number of benzene rings is 1. The SMILES string of the molecule is CN(Cc1ccccc1Br)S(=O)(=O)c1cc(N)cs1. The molecule has 1 heterocycles. The average molecular weight is 361 g/mol. The van der Waals surface area contributed by atoms with Gasteiger partial charge < -0.3 is 5.73 Å². The van der Waals surface area contributed by atoms with E-state index in [1.54, 1.807) is 12.4 Å². The van der Waals surface area contributed by atoms with Crippen LogP contribution >= 0.6 is 27.3 Å². The van der Waals surface area contributed by atoms with Crippen molar-refractivity contribution in [2.75, 3.05) is 12.8 Å². The van der Waals surface area contributed by atoms with Crippen LogP contribution in [0.25, 0.3) is 0 Å². The molecule has 1 aromatic heterocycles. The third-order valence-electron chi connectivity index (χ3n) is 2.61. The van der Waals surface area contributed by atoms with Gasteiger partial charge in [0.15, 0.2) is 0 Å². The predicted molar refractivity (Wildman–Crippen MR) is 81.5 cm³/mol. The monoisotopic (exact) mass is 360 g/mol. The Morgan fingerprint density at radius 2 is 2.05 bits per heavy atom. The molecule has 1 aromatic carbocycles. The summed E-state index contributed by atoms with van der Waals surface area (Å²) in [6.07, 6.45) is 0. The van der Waals surface area contributed by atoms with E-state index in [0.29, 0.717) is 12.2 Å². The van der Waals surface area contributed by atoms with Crippen LogP contribution in [0.4, 0.5) is 5.69 Å². The number of anilines is 1. The van der Waals surface area contributed by atoms with E-state index in [0.717, 1.165) is 21.4 Å². The number of nitrogen functional groups attached to an aromatic ring is 1. The van der Waals surface area contributed by atoms with Crippen LogP contribution in [-0.4, -0.2) is 19.8 Å². The Bertz CT molecular complexity index is 683. The van der Waals surface area contributed by atoms with Gasteiger partial charge in [0.2, 0.25) is 0 Å². The van der Waals surface area contributed by atoms with Crippen molar-refractivity contribution in [3.63, 3.8) is 0 Å². The fourth-order valence-corrected chi connectivity index (χ4v) is 4.42. The lowest BCUT2D eigenvalue weighted by atomic mass is 10.2. The van der Waals surface area contributed by atoms with E-state index < -0.39 is 10.0 Å². The molecule has 0 aliphatic rings. The van der Waals surface area contributed by atoms with Crippen molar-refractivity contribution in [3.8, 4) is 0 Å². The maximum absolute atomic E-state index is 12.3. The maximum Gasteiger partial charge on any atom is 0.252 e. The van der Waals surface area contributed by atoms with E-state index in [1.807, 2.05) is 24.3 Å². The number of hydrogen-bond donors (Lipinski definition) is 1. The van der Waals surface area contributed by atoms with E-state index in [-0.39, 0.29) is 4.21 Å². The second-order valence-electron chi connectivity index (χ2n) is 4.05. The lowest BCUT2D eigenvalue weighted by molar-refractivity contribution is 0.468. The van der Waals surface area contributed by atoms with Crippen molar-refractivity contribution >= 4 is 43.0 Å². The highest BCUT2D eigenvalue weighted by molar-refractivity contribution is 9.10. The zero-order chi connectivity index (χ0) is 14.0. The number of nitrogens with zero attached hydrogens (tertiary/aromatic N) is 1. The Balaban J connectivity index is 2.25. The normalized spacial score (nSPS) is 11.9. The third-order valence-corrected chi connectivity index (χ3v) is 6.62. The Morgan fingerprint density at radius 3 is 2.63 bits per heavy atom. The van der Waals surface area contributed by atoms with Gasteiger partial charge in [-0.3, -0.25) is 0 Å². The van der Waals surface area contributed by atoms with Gasteiger partial charge >= 0.3 is 0 Å². The van der Waals surface area contributed by atoms with E-state index >= 15 is 0 Å². The van der Waals surface area contributed by atoms with Crippen molar-refractivity contribution in [3.05, 3.63) is 45.7 Å². The summed E-state index contributed by atoms with van der Waals surface area (Å²) in [6, 6.07) is 9.03. The highest BCUT2D eigenvalue weighted by Gasteiger charge is 2.23. The fourth-order valence-electron chi connectivity index (χ4n) is 1.57. The molecule has 4 nitrogen and oxygen atoms in total. The number of hydrogen-bond acceptors (Lipinski definition) is 4. The molecule has 0 atom stereocenters. The van der Waals surface area contributed by atoms with Gasteiger partial charge in [-0.15, -0.1) is 11.3 Å². The van der Waals surface area contributed by atoms with E-state index in [2.05, 4.69) is 15.9 Å². The number of nitrogens with two attached hydrogens (primary N) is 1. The van der Waals surface area contributed by atoms with Gasteiger partial charge in [0.25, 0.3) is 10.0 Å². The third kappa shape index (κ3) is 3.17. The highest BCUT2D eigenvalue weighted by atomic mass is 79.9. The summed E-state index contributed by atoms with van der Waals surface area (Å²) in [5, 5.41) is 1.62. The Hall–Kier alpha value is -0.890. The molecule has 0 unspecified atom stereocenters. The second kappa shape index (κ2) is 5.62. The van der Waals surface area contributed by atoms with Crippen molar-refractivity contribution in [2.24, 2.45) is 0 Å². The molecule has 19 heavy (non-hydrogen) atoms. The minimum atomic E-state index is -3.48. The summed E-state index contributed by atoms with van der Waals surface area (Å²) >= 11 is 4.55. The van der Waals surface area contributed by atoms with Gasteiger partial charge in [-0.25, -0.2) is 8.42 Å². The van der Waals surface area contributed by atoms with E-state index in [4.69, 9.17) is 5.73 Å². The molecule has 2 rings (SSSR count). The van der Waals surface area contributed by atoms with Crippen molar-refractivity contribution < 1.29 is 8.42 Å². The van der Waals surface area contributed by atoms with Crippen molar-refractivity contribution in [1.29, 1.82) is 0 Å². The number of halogens is 1. The molecule has 0 saturated heterocycles. The lowest BCUT2D eigenvalue weighted by Gasteiger charge is -2.16. The second-order valence-corrected chi connectivity index (χ2v) is 8.09. The lowest BCUT2D eigenvalue weighted by Crippen LogP contribution is -2.26. The summed E-state index contributed by atoms with van der Waals surface area (Å²) < 4.78 is 27.1. The topological polar surface area (TPSA) is 63.4 Å². The summed E-state index contributed by atoms with van der Waals surface area (Å²) in [4.78, 5) is 0. The molecule has 0 spiro atoms. The minimum absolute atomic E-state index is 0.263. The van der Waals surface area contributed by atoms with Crippen LogP contribution in [0.3, 0.4) is 0 Å². The van der Waals surface area contributed by atoms with Gasteiger partial charge in [-0.2, -0.15) is 4.31 Å². The zero-order valence-corrected chi connectivity index (χ0v) is 13.4. The zero-order valence-electron chi connectivity index (χ0n) is 10.2. The molecule has 0 fully saturated rings. The van der Waals surface area contributed by atoms with E-state index in [9.17, 15) is 8.42 Å². The van der Waals surface area contributed by atoms with Crippen LogP contribution in [0.2, 0.25) is 0 Å². The van der Waals surface area contributed by atoms with Gasteiger partial charge in [0.1, 0.15) is 4.21 Å². The molecule has 0 aliphatic carbocycles. The first-order valence-corrected chi connectivity index (χ1v) is 8.56. The summed E-state index contributed by atoms with van der Waals surface area (Å²) in [6.45, 7) is 0.307. The van der Waals surface area contributed by atoms with Gasteiger partial charge in [-0.1, -0.05) is 34.1 Å². The molecule has 7 heteroatoms. The molecule has 0 radical (unpaired) electrons. The molecule has 0 saturated carbocycles. The highest BCUT2D eigenvalue weighted by Crippen LogP contribution is 2.26. The number of rotatable bonds is 4. The molecular formula is C12H13BrN2O2S2. The number of sulfonamides is 1. The average Bonchev–Trinajstić information content (AvgIpc) is 2.79. The number of thiophene rings is 1. The van der Waals surface area contributed by atoms with Crippen LogP contribution in [0.15, 0.2) is 44.4 Å². The largest absolute Gasteiger partial charge is 0.398 e. The Kier molecular flexibility index (Phi) is 4.29. The smallest absolute Gasteiger partial charge is 0.252 e. The summed E-state index contributed by atoms with van der Waals surface area (Å²) in [5.41, 5.74) is 6.96. The molecule has 2 aromatic rings. The first kappa shape index (κ1) is 14.5. The van der Waals surface area contributed by atoms with Gasteiger partial charge in [0.05, 0.1) is 0 Å². The minimum Gasteiger partial charge on any atom is -0.398 e. The summed E-state index contributed by atoms with van der Waals surface area (Å²) in [7, 11) is -1.92. The fraction of sp³-hybridized carbons (Fsp3) is 0.167. The first-order valence-electron chi connectivity index (χ1n) is 5.45. The van der Waals surface area contributed by atoms with Gasteiger partial charge in [0, 0.05) is 29.1 Å². The van der Waals surface area contributed by atoms with Crippen molar-refractivity contribution in [2.45, 2.75) is 10.8 Å². The Labute approximate surface area is 125 Å². The molecule has 0 bridgehead atoms. The summed E-state index contributed by atoms with van der Waals surface area (Å²) in [5.74, 6) is 0. The van der Waals surface area contributed by atoms with Crippen molar-refractivity contribution in [1.82, 2.24) is 4.31 Å². The van der Waals surface area contributed by atoms with E-state index in [1.165, 1.54) is 10.4 Å². The quantitative estimate of drug-likeness (QED) is 0.911. The Morgan fingerprint density at radius 1 is 1.37 bits per heavy atom. The predicted octanol–water partition coefficient (Wildman–Crippen LogP) is 2.91.